The van der Waals surface area contributed by atoms with Crippen LogP contribution in [0, 0.1) is 6.92 Å². The molecule has 0 amide bonds. The Hall–Kier alpha value is -3.66. The molecule has 41 heavy (non-hydrogen) atoms. The standard InChI is InChI=1S/C32H26F3NO3S2/c1-21-9-12-24-5-2-3-8-29(24)31(21)41-36(18-27-16-26(19-39-27)32(33,34)35)17-22-10-13-23(14-11-22)25-6-4-7-28(15-25)40-20-30(37)38/h2-16,19H,17-18,20H2,1H3,(H,37,38). The fourth-order valence-electron chi connectivity index (χ4n) is 4.43. The molecule has 0 aliphatic carbocycles. The van der Waals surface area contributed by atoms with Crippen LogP contribution in [-0.4, -0.2) is 21.1 Å². The Labute approximate surface area is 244 Å². The van der Waals surface area contributed by atoms with Crippen LogP contribution in [0.4, 0.5) is 13.2 Å². The van der Waals surface area contributed by atoms with Gasteiger partial charge in [0.25, 0.3) is 0 Å². The molecule has 210 valence electrons. The molecule has 4 aromatic carbocycles. The number of alkyl halides is 3. The molecule has 0 spiro atoms. The molecule has 1 N–H and O–H groups in total. The zero-order valence-electron chi connectivity index (χ0n) is 22.0. The topological polar surface area (TPSA) is 53.7 Å². The Morgan fingerprint density at radius 1 is 0.902 bits per heavy atom. The van der Waals surface area contributed by atoms with E-state index in [1.54, 1.807) is 0 Å². The van der Waals surface area contributed by atoms with Crippen molar-refractivity contribution in [3.8, 4) is 11.1 Å². The lowest BCUT2D eigenvalue weighted by Gasteiger charge is -2.22. The number of hydrogen-bond donors (Lipinski definition) is 1. The van der Waals surface area contributed by atoms with Crippen molar-refractivity contribution in [1.82, 2.24) is 4.31 Å². The van der Waals surface area contributed by atoms with Crippen LogP contribution in [0.2, 0.25) is 0 Å². The summed E-state index contributed by atoms with van der Waals surface area (Å²) < 4.78 is 47.0. The van der Waals surface area contributed by atoms with Crippen LogP contribution in [-0.2, 0) is 24.1 Å². The van der Waals surface area contributed by atoms with Crippen molar-refractivity contribution in [2.75, 3.05) is 5.75 Å². The fourth-order valence-corrected chi connectivity index (χ4v) is 6.26. The number of carbonyl (C=O) groups is 1. The van der Waals surface area contributed by atoms with E-state index >= 15 is 0 Å². The highest BCUT2D eigenvalue weighted by molar-refractivity contribution is 8.00. The maximum absolute atomic E-state index is 13.2. The molecule has 0 saturated carbocycles. The van der Waals surface area contributed by atoms with Crippen molar-refractivity contribution < 1.29 is 27.5 Å². The molecule has 0 aliphatic rings. The van der Waals surface area contributed by atoms with Crippen molar-refractivity contribution >= 4 is 40.5 Å². The molecular formula is C32H26F3NO3S2. The maximum Gasteiger partial charge on any atom is 0.419 e. The molecule has 0 saturated heterocycles. The first-order valence-corrected chi connectivity index (χ1v) is 14.5. The van der Waals surface area contributed by atoms with Crippen LogP contribution in [0.5, 0.6) is 0 Å². The molecule has 9 heteroatoms. The van der Waals surface area contributed by atoms with Crippen LogP contribution in [0.3, 0.4) is 0 Å². The molecule has 5 rings (SSSR count). The predicted octanol–water partition coefficient (Wildman–Crippen LogP) is 9.31. The van der Waals surface area contributed by atoms with Gasteiger partial charge in [-0.15, -0.1) is 11.8 Å². The van der Waals surface area contributed by atoms with Crippen LogP contribution >= 0.6 is 23.7 Å². The molecule has 4 nitrogen and oxygen atoms in total. The van der Waals surface area contributed by atoms with Crippen LogP contribution in [0.15, 0.2) is 111 Å². The zero-order valence-corrected chi connectivity index (χ0v) is 23.7. The lowest BCUT2D eigenvalue weighted by atomic mass is 10.0. The van der Waals surface area contributed by atoms with Gasteiger partial charge in [-0.05, 0) is 70.1 Å². The predicted molar refractivity (Wildman–Crippen MR) is 158 cm³/mol. The smallest absolute Gasteiger partial charge is 0.419 e. The minimum absolute atomic E-state index is 0.00774. The highest BCUT2D eigenvalue weighted by Gasteiger charge is 2.33. The number of benzene rings is 4. The molecule has 0 radical (unpaired) electrons. The van der Waals surface area contributed by atoms with E-state index in [-0.39, 0.29) is 18.1 Å². The quantitative estimate of drug-likeness (QED) is 0.129. The van der Waals surface area contributed by atoms with E-state index < -0.39 is 17.7 Å². The Bertz CT molecular complexity index is 1670. The van der Waals surface area contributed by atoms with Gasteiger partial charge in [0.15, 0.2) is 0 Å². The number of aliphatic carboxylic acids is 1. The summed E-state index contributed by atoms with van der Waals surface area (Å²) >= 11 is 2.77. The lowest BCUT2D eigenvalue weighted by molar-refractivity contribution is -0.138. The number of nitrogens with zero attached hydrogens (tertiary/aromatic N) is 1. The Kier molecular flexibility index (Phi) is 8.77. The van der Waals surface area contributed by atoms with E-state index in [0.717, 1.165) is 55.1 Å². The molecule has 0 unspecified atom stereocenters. The molecule has 1 heterocycles. The number of carboxylic acid groups (broad SMARTS) is 1. The summed E-state index contributed by atoms with van der Waals surface area (Å²) in [5.74, 6) is -0.642. The van der Waals surface area contributed by atoms with Crippen molar-refractivity contribution in [3.63, 3.8) is 0 Å². The third-order valence-electron chi connectivity index (χ3n) is 6.45. The number of rotatable bonds is 10. The number of aryl methyl sites for hydroxylation is 1. The largest absolute Gasteiger partial charge is 0.481 e. The number of carboxylic acids is 1. The third kappa shape index (κ3) is 7.35. The summed E-state index contributed by atoms with van der Waals surface area (Å²) in [6.45, 7) is 2.66. The summed E-state index contributed by atoms with van der Waals surface area (Å²) in [6, 6.07) is 28.9. The molecule has 0 fully saturated rings. The molecule has 5 aromatic rings. The number of furan rings is 1. The van der Waals surface area contributed by atoms with Gasteiger partial charge in [0.05, 0.1) is 17.9 Å². The van der Waals surface area contributed by atoms with Gasteiger partial charge in [-0.25, -0.2) is 4.31 Å². The molecule has 0 bridgehead atoms. The van der Waals surface area contributed by atoms with Gasteiger partial charge in [-0.1, -0.05) is 72.8 Å². The van der Waals surface area contributed by atoms with E-state index in [1.165, 1.54) is 23.7 Å². The van der Waals surface area contributed by atoms with Crippen molar-refractivity contribution in [2.45, 2.75) is 36.0 Å². The Morgan fingerprint density at radius 2 is 1.68 bits per heavy atom. The molecule has 0 aliphatic heterocycles. The first-order valence-electron chi connectivity index (χ1n) is 12.8. The second-order valence-corrected chi connectivity index (χ2v) is 11.7. The minimum Gasteiger partial charge on any atom is -0.481 e. The van der Waals surface area contributed by atoms with Gasteiger partial charge in [0, 0.05) is 16.3 Å². The SMILES string of the molecule is Cc1ccc2ccccc2c1SN(Cc1ccc(-c2cccc(SCC(=O)O)c2)cc1)Cc1cc(C(F)(F)F)co1. The van der Waals surface area contributed by atoms with Crippen LogP contribution in [0.1, 0.15) is 22.5 Å². The van der Waals surface area contributed by atoms with Crippen molar-refractivity contribution in [1.29, 1.82) is 0 Å². The third-order valence-corrected chi connectivity index (χ3v) is 8.67. The number of halogens is 3. The first kappa shape index (κ1) is 28.9. The molecular weight excluding hydrogens is 567 g/mol. The minimum atomic E-state index is -4.47. The lowest BCUT2D eigenvalue weighted by Crippen LogP contribution is -2.15. The van der Waals surface area contributed by atoms with Gasteiger partial charge in [-0.3, -0.25) is 4.79 Å². The Balaban J connectivity index is 1.40. The number of fused-ring (bicyclic) bond motifs is 1. The van der Waals surface area contributed by atoms with Gasteiger partial charge in [0.1, 0.15) is 12.0 Å². The van der Waals surface area contributed by atoms with Gasteiger partial charge >= 0.3 is 12.1 Å². The van der Waals surface area contributed by atoms with E-state index in [2.05, 4.69) is 18.2 Å². The van der Waals surface area contributed by atoms with Gasteiger partial charge < -0.3 is 9.52 Å². The van der Waals surface area contributed by atoms with Crippen LogP contribution < -0.4 is 0 Å². The highest BCUT2D eigenvalue weighted by Crippen LogP contribution is 2.37. The maximum atomic E-state index is 13.2. The van der Waals surface area contributed by atoms with Crippen molar-refractivity contribution in [3.05, 3.63) is 120 Å². The number of thioether (sulfide) groups is 1. The molecule has 1 aromatic heterocycles. The zero-order chi connectivity index (χ0) is 29.0. The van der Waals surface area contributed by atoms with E-state index in [0.29, 0.717) is 6.54 Å². The van der Waals surface area contributed by atoms with Crippen LogP contribution in [0.25, 0.3) is 21.9 Å². The molecule has 0 atom stereocenters. The Morgan fingerprint density at radius 3 is 2.41 bits per heavy atom. The highest BCUT2D eigenvalue weighted by atomic mass is 32.2. The van der Waals surface area contributed by atoms with Gasteiger partial charge in [-0.2, -0.15) is 13.2 Å². The normalized spacial score (nSPS) is 11.8. The second kappa shape index (κ2) is 12.5. The summed E-state index contributed by atoms with van der Waals surface area (Å²) in [4.78, 5) is 12.8. The fraction of sp³-hybridized carbons (Fsp3) is 0.156. The van der Waals surface area contributed by atoms with E-state index in [4.69, 9.17) is 9.52 Å². The van der Waals surface area contributed by atoms with Gasteiger partial charge in [0.2, 0.25) is 0 Å². The summed E-state index contributed by atoms with van der Waals surface area (Å²) in [7, 11) is 0. The van der Waals surface area contributed by atoms with E-state index in [9.17, 15) is 18.0 Å². The monoisotopic (exact) mass is 593 g/mol. The summed E-state index contributed by atoms with van der Waals surface area (Å²) in [5.41, 5.74) is 3.21. The van der Waals surface area contributed by atoms with E-state index in [1.807, 2.05) is 78.0 Å². The first-order chi connectivity index (χ1) is 19.7. The number of hydrogen-bond acceptors (Lipinski definition) is 5. The average Bonchev–Trinajstić information content (AvgIpc) is 3.43. The second-order valence-electron chi connectivity index (χ2n) is 9.53. The summed E-state index contributed by atoms with van der Waals surface area (Å²) in [6.07, 6.45) is -3.70. The van der Waals surface area contributed by atoms with Crippen molar-refractivity contribution in [2.24, 2.45) is 0 Å². The summed E-state index contributed by atoms with van der Waals surface area (Å²) in [5, 5.41) is 11.1. The average molecular weight is 594 g/mol.